The Hall–Kier alpha value is -2.51. The molecule has 2 aliphatic rings. The van der Waals surface area contributed by atoms with E-state index in [1.165, 1.54) is 0 Å². The topological polar surface area (TPSA) is 104 Å². The van der Waals surface area contributed by atoms with Crippen LogP contribution < -0.4 is 5.32 Å². The van der Waals surface area contributed by atoms with Crippen molar-refractivity contribution in [3.8, 4) is 0 Å². The van der Waals surface area contributed by atoms with Crippen molar-refractivity contribution in [1.29, 1.82) is 0 Å². The Morgan fingerprint density at radius 3 is 2.76 bits per heavy atom. The number of nitrogens with zero attached hydrogens (tertiary/aromatic N) is 4. The van der Waals surface area contributed by atoms with E-state index < -0.39 is 18.6 Å². The lowest BCUT2D eigenvalue weighted by molar-refractivity contribution is -0.352. The summed E-state index contributed by atoms with van der Waals surface area (Å²) >= 11 is 3.38. The number of amides is 1. The van der Waals surface area contributed by atoms with Gasteiger partial charge in [-0.25, -0.2) is 4.98 Å². The van der Waals surface area contributed by atoms with Gasteiger partial charge in [-0.05, 0) is 37.8 Å². The molecule has 2 atom stereocenters. The molecule has 1 aliphatic carbocycles. The Balaban J connectivity index is 1.11. The van der Waals surface area contributed by atoms with Crippen molar-refractivity contribution in [1.82, 2.24) is 24.9 Å². The number of halogens is 4. The number of carbonyl (C=O) groups is 1. The van der Waals surface area contributed by atoms with E-state index in [0.717, 1.165) is 4.47 Å². The second-order valence-corrected chi connectivity index (χ2v) is 9.05. The van der Waals surface area contributed by atoms with E-state index in [9.17, 15) is 18.0 Å². The van der Waals surface area contributed by atoms with Crippen molar-refractivity contribution >= 4 is 27.5 Å². The monoisotopic (exact) mass is 529 g/mol. The fourth-order valence-electron chi connectivity index (χ4n) is 3.98. The molecule has 4 heterocycles. The van der Waals surface area contributed by atoms with Crippen LogP contribution in [0.1, 0.15) is 60.0 Å². The number of carbonyl (C=O) groups excluding carboxylic acids is 1. The first-order valence-corrected chi connectivity index (χ1v) is 11.2. The number of pyridine rings is 1. The molecular formula is C20H19BrF3N5O4. The van der Waals surface area contributed by atoms with Crippen molar-refractivity contribution in [2.45, 2.75) is 56.2 Å². The Bertz CT molecular complexity index is 1150. The van der Waals surface area contributed by atoms with Crippen LogP contribution in [-0.4, -0.2) is 50.6 Å². The number of hydrogen-bond acceptors (Lipinski definition) is 7. The molecule has 1 amide bonds. The molecule has 13 heteroatoms. The number of ether oxygens (including phenoxy) is 2. The first-order valence-electron chi connectivity index (χ1n) is 10.4. The van der Waals surface area contributed by atoms with E-state index >= 15 is 0 Å². The molecule has 9 nitrogen and oxygen atoms in total. The first-order chi connectivity index (χ1) is 15.7. The van der Waals surface area contributed by atoms with Crippen LogP contribution in [0.3, 0.4) is 0 Å². The largest absolute Gasteiger partial charge is 0.522 e. The van der Waals surface area contributed by atoms with Crippen LogP contribution in [0.15, 0.2) is 33.4 Å². The molecule has 3 aromatic heterocycles. The molecule has 0 spiro atoms. The summed E-state index contributed by atoms with van der Waals surface area (Å²) in [5, 5.41) is 10.9. The molecule has 0 bridgehead atoms. The van der Waals surface area contributed by atoms with Gasteiger partial charge < -0.3 is 18.9 Å². The number of aromatic nitrogens is 4. The minimum absolute atomic E-state index is 0.181. The van der Waals surface area contributed by atoms with Crippen LogP contribution in [0.25, 0.3) is 5.65 Å². The summed E-state index contributed by atoms with van der Waals surface area (Å²) in [5.74, 6) is 0.0493. The minimum atomic E-state index is -4.64. The van der Waals surface area contributed by atoms with Gasteiger partial charge in [0.15, 0.2) is 0 Å². The van der Waals surface area contributed by atoms with Gasteiger partial charge in [0.2, 0.25) is 11.8 Å². The summed E-state index contributed by atoms with van der Waals surface area (Å²) in [4.78, 5) is 16.9. The van der Waals surface area contributed by atoms with Gasteiger partial charge in [-0.1, -0.05) is 15.9 Å². The minimum Gasteiger partial charge on any atom is -0.422 e. The van der Waals surface area contributed by atoms with Gasteiger partial charge in [0.05, 0.1) is 18.8 Å². The smallest absolute Gasteiger partial charge is 0.422 e. The molecule has 176 valence electrons. The van der Waals surface area contributed by atoms with Crippen molar-refractivity contribution in [2.75, 3.05) is 6.61 Å². The number of fused-ring (bicyclic) bond motifs is 1. The van der Waals surface area contributed by atoms with Crippen molar-refractivity contribution in [2.24, 2.45) is 0 Å². The molecule has 1 N–H and O–H groups in total. The number of imidazole rings is 1. The van der Waals surface area contributed by atoms with Crippen LogP contribution >= 0.6 is 15.9 Å². The normalized spacial score (nSPS) is 25.7. The second-order valence-electron chi connectivity index (χ2n) is 8.14. The number of hydrogen-bond donors (Lipinski definition) is 1. The van der Waals surface area contributed by atoms with E-state index in [4.69, 9.17) is 9.15 Å². The van der Waals surface area contributed by atoms with Crippen molar-refractivity contribution < 1.29 is 31.9 Å². The summed E-state index contributed by atoms with van der Waals surface area (Å²) in [7, 11) is 0. The van der Waals surface area contributed by atoms with Crippen LogP contribution in [-0.2, 0) is 9.47 Å². The predicted molar refractivity (Wildman–Crippen MR) is 109 cm³/mol. The molecular weight excluding hydrogens is 511 g/mol. The maximum atomic E-state index is 12.6. The number of nitrogens with one attached hydrogen (secondary N) is 1. The fraction of sp³-hybridized carbons (Fsp3) is 0.500. The average molecular weight is 530 g/mol. The molecule has 0 aromatic carbocycles. The van der Waals surface area contributed by atoms with Gasteiger partial charge in [-0.15, -0.1) is 23.4 Å². The summed E-state index contributed by atoms with van der Waals surface area (Å²) < 4.78 is 54.8. The van der Waals surface area contributed by atoms with Crippen LogP contribution in [0.4, 0.5) is 13.2 Å². The average Bonchev–Trinajstić information content (AvgIpc) is 3.37. The van der Waals surface area contributed by atoms with Gasteiger partial charge in [-0.2, -0.15) is 0 Å². The Morgan fingerprint density at radius 2 is 2.03 bits per heavy atom. The zero-order chi connectivity index (χ0) is 23.2. The summed E-state index contributed by atoms with van der Waals surface area (Å²) in [6.07, 6.45) is -0.920. The Morgan fingerprint density at radius 1 is 1.24 bits per heavy atom. The zero-order valence-corrected chi connectivity index (χ0v) is 18.7. The SMILES string of the molecule is O=C(N[C@@H]1CC[C@@H](c2nnc([C@H]3C[C@@H](OC(F)(F)F)C3)o2)OC1)c1cn2ccc(Br)cc2n1. The lowest BCUT2D eigenvalue weighted by Gasteiger charge is -2.33. The molecule has 1 saturated heterocycles. The predicted octanol–water partition coefficient (Wildman–Crippen LogP) is 3.91. The number of rotatable bonds is 5. The summed E-state index contributed by atoms with van der Waals surface area (Å²) in [6, 6.07) is 3.48. The third-order valence-electron chi connectivity index (χ3n) is 5.74. The standard InChI is InChI=1S/C20H19BrF3N5O4/c21-11-3-4-29-8-14(26-16(29)7-11)17(30)25-12-1-2-15(31-9-12)19-28-27-18(32-19)10-5-13(6-10)33-20(22,23)24/h3-4,7-8,10,12-13,15H,1-2,5-6,9H2,(H,25,30)/t10-,12-,13+,15+/m1/s1. The third kappa shape index (κ3) is 5.04. The van der Waals surface area contributed by atoms with E-state index in [-0.39, 0.29) is 37.3 Å². The lowest BCUT2D eigenvalue weighted by atomic mass is 9.82. The van der Waals surface area contributed by atoms with Gasteiger partial charge >= 0.3 is 6.36 Å². The highest BCUT2D eigenvalue weighted by Gasteiger charge is 2.42. The van der Waals surface area contributed by atoms with Crippen molar-refractivity contribution in [3.05, 3.63) is 46.5 Å². The van der Waals surface area contributed by atoms with Crippen LogP contribution in [0.2, 0.25) is 0 Å². The summed E-state index contributed by atoms with van der Waals surface area (Å²) in [6.45, 7) is 0.262. The highest BCUT2D eigenvalue weighted by molar-refractivity contribution is 9.10. The van der Waals surface area contributed by atoms with E-state index in [1.807, 2.05) is 18.3 Å². The van der Waals surface area contributed by atoms with E-state index in [2.05, 4.69) is 41.2 Å². The molecule has 33 heavy (non-hydrogen) atoms. The van der Waals surface area contributed by atoms with Gasteiger partial charge in [0, 0.05) is 22.8 Å². The molecule has 3 aromatic rings. The molecule has 0 radical (unpaired) electrons. The quantitative estimate of drug-likeness (QED) is 0.534. The Kier molecular flexibility index (Phi) is 5.87. The summed E-state index contributed by atoms with van der Waals surface area (Å²) in [5.41, 5.74) is 0.967. The molecule has 1 aliphatic heterocycles. The van der Waals surface area contributed by atoms with Crippen LogP contribution in [0, 0.1) is 0 Å². The molecule has 1 saturated carbocycles. The number of alkyl halides is 3. The first kappa shape index (κ1) is 22.3. The highest BCUT2D eigenvalue weighted by atomic mass is 79.9. The second kappa shape index (κ2) is 8.69. The third-order valence-corrected chi connectivity index (χ3v) is 6.24. The molecule has 5 rings (SSSR count). The van der Waals surface area contributed by atoms with E-state index in [1.54, 1.807) is 10.6 Å². The molecule has 0 unspecified atom stereocenters. The fourth-order valence-corrected chi connectivity index (χ4v) is 4.30. The highest BCUT2D eigenvalue weighted by Crippen LogP contribution is 2.41. The lowest BCUT2D eigenvalue weighted by Crippen LogP contribution is -2.41. The Labute approximate surface area is 193 Å². The van der Waals surface area contributed by atoms with Gasteiger partial charge in [-0.3, -0.25) is 9.53 Å². The van der Waals surface area contributed by atoms with E-state index in [0.29, 0.717) is 36.0 Å². The zero-order valence-electron chi connectivity index (χ0n) is 17.1. The maximum Gasteiger partial charge on any atom is 0.522 e. The molecule has 2 fully saturated rings. The van der Waals surface area contributed by atoms with Crippen molar-refractivity contribution in [3.63, 3.8) is 0 Å². The maximum absolute atomic E-state index is 12.6. The van der Waals surface area contributed by atoms with Gasteiger partial charge in [0.1, 0.15) is 17.4 Å². The van der Waals surface area contributed by atoms with Gasteiger partial charge in [0.25, 0.3) is 5.91 Å². The van der Waals surface area contributed by atoms with Crippen LogP contribution in [0.5, 0.6) is 0 Å².